The van der Waals surface area contributed by atoms with E-state index in [0.29, 0.717) is 25.8 Å². The average molecular weight is 305 g/mol. The van der Waals surface area contributed by atoms with Crippen LogP contribution in [0.2, 0.25) is 0 Å². The highest BCUT2D eigenvalue weighted by Crippen LogP contribution is 2.34. The van der Waals surface area contributed by atoms with Gasteiger partial charge in [-0.05, 0) is 24.6 Å². The van der Waals surface area contributed by atoms with Crippen LogP contribution in [0.25, 0.3) is 0 Å². The number of rotatable bonds is 3. The van der Waals surface area contributed by atoms with Crippen molar-refractivity contribution in [1.29, 1.82) is 0 Å². The molecular formula is C13H14F3NO2S. The van der Waals surface area contributed by atoms with Gasteiger partial charge in [0.15, 0.2) is 6.29 Å². The number of alkyl halides is 3. The maximum Gasteiger partial charge on any atom is 0.416 e. The first-order chi connectivity index (χ1) is 9.32. The van der Waals surface area contributed by atoms with Crippen LogP contribution in [-0.2, 0) is 17.0 Å². The molecular weight excluding hydrogens is 291 g/mol. The summed E-state index contributed by atoms with van der Waals surface area (Å²) in [7, 11) is -1.02. The molecule has 1 heterocycles. The van der Waals surface area contributed by atoms with Gasteiger partial charge in [0, 0.05) is 41.4 Å². The first kappa shape index (κ1) is 15.0. The molecule has 7 heteroatoms. The third-order valence-electron chi connectivity index (χ3n) is 3.44. The predicted molar refractivity (Wildman–Crippen MR) is 71.5 cm³/mol. The van der Waals surface area contributed by atoms with Crippen LogP contribution in [0, 0.1) is 0 Å². The fraction of sp³-hybridized carbons (Fsp3) is 0.462. The van der Waals surface area contributed by atoms with Crippen molar-refractivity contribution in [3.8, 4) is 0 Å². The highest BCUT2D eigenvalue weighted by atomic mass is 32.2. The molecule has 1 fully saturated rings. The van der Waals surface area contributed by atoms with Gasteiger partial charge in [0.05, 0.1) is 10.8 Å². The maximum absolute atomic E-state index is 12.7. The summed E-state index contributed by atoms with van der Waals surface area (Å²) in [6.07, 6.45) is -1.66. The highest BCUT2D eigenvalue weighted by molar-refractivity contribution is 7.84. The smallest absolute Gasteiger partial charge is 0.370 e. The number of aldehydes is 1. The molecule has 0 bridgehead atoms. The lowest BCUT2D eigenvalue weighted by Gasteiger charge is -2.21. The van der Waals surface area contributed by atoms with E-state index < -0.39 is 22.5 Å². The summed E-state index contributed by atoms with van der Waals surface area (Å²) in [6, 6.07) is 3.07. The van der Waals surface area contributed by atoms with Gasteiger partial charge in [0.1, 0.15) is 0 Å². The zero-order valence-corrected chi connectivity index (χ0v) is 11.6. The van der Waals surface area contributed by atoms with E-state index in [-0.39, 0.29) is 16.5 Å². The van der Waals surface area contributed by atoms with Gasteiger partial charge in [0.25, 0.3) is 0 Å². The van der Waals surface area contributed by atoms with Crippen molar-refractivity contribution in [3.63, 3.8) is 0 Å². The molecule has 1 aromatic carbocycles. The summed E-state index contributed by atoms with van der Waals surface area (Å²) in [5.74, 6) is 0. The fourth-order valence-corrected chi connectivity index (χ4v) is 3.14. The normalized spacial score (nSPS) is 21.0. The Morgan fingerprint density at radius 3 is 2.60 bits per heavy atom. The molecule has 2 rings (SSSR count). The Labute approximate surface area is 117 Å². The zero-order valence-electron chi connectivity index (χ0n) is 10.8. The summed E-state index contributed by atoms with van der Waals surface area (Å²) in [4.78, 5) is 12.7. The Hall–Kier alpha value is -1.37. The number of hydrogen-bond acceptors (Lipinski definition) is 3. The maximum atomic E-state index is 12.7. The highest BCUT2D eigenvalue weighted by Gasteiger charge is 2.33. The SMILES string of the molecule is CS(=O)C1CCN(c2cc(C(F)(F)F)ccc2C=O)C1. The molecule has 0 spiro atoms. The van der Waals surface area contributed by atoms with Gasteiger partial charge in [-0.1, -0.05) is 0 Å². The van der Waals surface area contributed by atoms with Gasteiger partial charge in [0.2, 0.25) is 0 Å². The van der Waals surface area contributed by atoms with Crippen LogP contribution in [0.4, 0.5) is 18.9 Å². The van der Waals surface area contributed by atoms with E-state index in [1.54, 1.807) is 11.2 Å². The van der Waals surface area contributed by atoms with E-state index in [1.165, 1.54) is 6.07 Å². The molecule has 0 N–H and O–H groups in total. The number of hydrogen-bond donors (Lipinski definition) is 0. The molecule has 2 unspecified atom stereocenters. The van der Waals surface area contributed by atoms with Crippen molar-refractivity contribution in [1.82, 2.24) is 0 Å². The van der Waals surface area contributed by atoms with Gasteiger partial charge in [-0.2, -0.15) is 13.2 Å². The minimum Gasteiger partial charge on any atom is -0.370 e. The Bertz CT molecular complexity index is 545. The van der Waals surface area contributed by atoms with Crippen molar-refractivity contribution in [3.05, 3.63) is 29.3 Å². The molecule has 20 heavy (non-hydrogen) atoms. The predicted octanol–water partition coefficient (Wildman–Crippen LogP) is 2.48. The topological polar surface area (TPSA) is 37.4 Å². The number of nitrogens with zero attached hydrogens (tertiary/aromatic N) is 1. The van der Waals surface area contributed by atoms with Crippen LogP contribution in [-0.4, -0.2) is 35.1 Å². The van der Waals surface area contributed by atoms with Gasteiger partial charge >= 0.3 is 6.18 Å². The molecule has 110 valence electrons. The van der Waals surface area contributed by atoms with Crippen LogP contribution in [0.3, 0.4) is 0 Å². The summed E-state index contributed by atoms with van der Waals surface area (Å²) in [5.41, 5.74) is -0.289. The third-order valence-corrected chi connectivity index (χ3v) is 4.76. The Balaban J connectivity index is 2.35. The molecule has 0 saturated carbocycles. The molecule has 1 aliphatic rings. The van der Waals surface area contributed by atoms with Gasteiger partial charge < -0.3 is 4.90 Å². The minimum atomic E-state index is -4.44. The lowest BCUT2D eigenvalue weighted by Crippen LogP contribution is -2.24. The number of carbonyl (C=O) groups is 1. The number of anilines is 1. The van der Waals surface area contributed by atoms with Gasteiger partial charge in [-0.3, -0.25) is 9.00 Å². The van der Waals surface area contributed by atoms with Crippen molar-refractivity contribution in [2.75, 3.05) is 24.2 Å². The Morgan fingerprint density at radius 1 is 1.40 bits per heavy atom. The van der Waals surface area contributed by atoms with Crippen LogP contribution >= 0.6 is 0 Å². The number of carbonyl (C=O) groups excluding carboxylic acids is 1. The molecule has 2 atom stereocenters. The first-order valence-electron chi connectivity index (χ1n) is 6.06. The molecule has 3 nitrogen and oxygen atoms in total. The molecule has 0 aromatic heterocycles. The Morgan fingerprint density at radius 2 is 2.10 bits per heavy atom. The van der Waals surface area contributed by atoms with Gasteiger partial charge in [-0.15, -0.1) is 0 Å². The number of halogens is 3. The quantitative estimate of drug-likeness (QED) is 0.805. The van der Waals surface area contributed by atoms with Crippen LogP contribution in [0.1, 0.15) is 22.3 Å². The molecule has 1 aliphatic heterocycles. The van der Waals surface area contributed by atoms with E-state index >= 15 is 0 Å². The monoisotopic (exact) mass is 305 g/mol. The van der Waals surface area contributed by atoms with E-state index in [2.05, 4.69) is 0 Å². The molecule has 0 radical (unpaired) electrons. The lowest BCUT2D eigenvalue weighted by atomic mass is 10.1. The van der Waals surface area contributed by atoms with Crippen LogP contribution < -0.4 is 4.90 Å². The zero-order chi connectivity index (χ0) is 14.9. The van der Waals surface area contributed by atoms with Crippen molar-refractivity contribution in [2.24, 2.45) is 0 Å². The first-order valence-corrected chi connectivity index (χ1v) is 7.68. The molecule has 1 aromatic rings. The van der Waals surface area contributed by atoms with Crippen molar-refractivity contribution < 1.29 is 22.2 Å². The lowest BCUT2D eigenvalue weighted by molar-refractivity contribution is -0.137. The standard InChI is InChI=1S/C13H14F3NO2S/c1-20(19)11-4-5-17(7-11)12-6-10(13(14,15)16)3-2-9(12)8-18/h2-3,6,8,11H,4-5,7H2,1H3. The van der Waals surface area contributed by atoms with Crippen molar-refractivity contribution >= 4 is 22.8 Å². The van der Waals surface area contributed by atoms with Crippen molar-refractivity contribution in [2.45, 2.75) is 17.8 Å². The third kappa shape index (κ3) is 3.03. The summed E-state index contributed by atoms with van der Waals surface area (Å²) in [6.45, 7) is 0.914. The molecule has 0 aliphatic carbocycles. The second-order valence-electron chi connectivity index (χ2n) is 4.74. The minimum absolute atomic E-state index is 0.0657. The van der Waals surface area contributed by atoms with Crippen LogP contribution in [0.5, 0.6) is 0 Å². The fourth-order valence-electron chi connectivity index (χ4n) is 2.31. The number of benzene rings is 1. The molecule has 1 saturated heterocycles. The second kappa shape index (κ2) is 5.55. The van der Waals surface area contributed by atoms with Gasteiger partial charge in [-0.25, -0.2) is 0 Å². The van der Waals surface area contributed by atoms with Crippen LogP contribution in [0.15, 0.2) is 18.2 Å². The summed E-state index contributed by atoms with van der Waals surface area (Å²) < 4.78 is 49.7. The summed E-state index contributed by atoms with van der Waals surface area (Å²) >= 11 is 0. The summed E-state index contributed by atoms with van der Waals surface area (Å²) in [5, 5.41) is -0.0657. The van der Waals surface area contributed by atoms with E-state index in [4.69, 9.17) is 0 Å². The second-order valence-corrected chi connectivity index (χ2v) is 6.41. The largest absolute Gasteiger partial charge is 0.416 e. The van der Waals surface area contributed by atoms with E-state index in [9.17, 15) is 22.2 Å². The Kier molecular flexibility index (Phi) is 4.17. The van der Waals surface area contributed by atoms with E-state index in [1.807, 2.05) is 0 Å². The molecule has 0 amide bonds. The average Bonchev–Trinajstić information content (AvgIpc) is 2.86. The van der Waals surface area contributed by atoms with E-state index in [0.717, 1.165) is 12.1 Å².